The molecule has 2 N–H and O–H groups in total. The van der Waals surface area contributed by atoms with E-state index in [0.29, 0.717) is 11.4 Å². The van der Waals surface area contributed by atoms with E-state index in [4.69, 9.17) is 5.26 Å². The zero-order chi connectivity index (χ0) is 11.3. The highest BCUT2D eigenvalue weighted by molar-refractivity contribution is 5.95. The molecule has 78 valence electrons. The summed E-state index contributed by atoms with van der Waals surface area (Å²) in [7, 11) is 1.66. The van der Waals surface area contributed by atoms with Crippen molar-refractivity contribution < 1.29 is 9.18 Å². The smallest absolute Gasteiger partial charge is 0.238 e. The summed E-state index contributed by atoms with van der Waals surface area (Å²) >= 11 is 0. The molecule has 0 radical (unpaired) electrons. The molecule has 1 aromatic rings. The standard InChI is InChI=1S/C10H10FN3O/c1-13-8-3-2-7(11)6-9(8)14-10(15)4-5-12/h2-3,6,13H,4H2,1H3,(H,14,15). The fourth-order valence-electron chi connectivity index (χ4n) is 1.10. The fraction of sp³-hybridized carbons (Fsp3) is 0.200. The number of nitrogens with zero attached hydrogens (tertiary/aromatic N) is 1. The summed E-state index contributed by atoms with van der Waals surface area (Å²) in [6, 6.07) is 5.70. The van der Waals surface area contributed by atoms with E-state index in [9.17, 15) is 9.18 Å². The van der Waals surface area contributed by atoms with Crippen molar-refractivity contribution in [3.63, 3.8) is 0 Å². The first kappa shape index (κ1) is 11.0. The number of halogens is 1. The average Bonchev–Trinajstić information content (AvgIpc) is 2.18. The highest BCUT2D eigenvalue weighted by Crippen LogP contribution is 2.22. The van der Waals surface area contributed by atoms with Crippen LogP contribution < -0.4 is 10.6 Å². The number of carbonyl (C=O) groups excluding carboxylic acids is 1. The number of anilines is 2. The molecule has 0 aliphatic rings. The molecule has 1 amide bonds. The molecule has 4 nitrogen and oxygen atoms in total. The molecule has 0 saturated carbocycles. The largest absolute Gasteiger partial charge is 0.386 e. The molecule has 0 unspecified atom stereocenters. The Morgan fingerprint density at radius 3 is 2.87 bits per heavy atom. The van der Waals surface area contributed by atoms with Crippen molar-refractivity contribution in [2.24, 2.45) is 0 Å². The van der Waals surface area contributed by atoms with Gasteiger partial charge in [-0.2, -0.15) is 5.26 Å². The third-order valence-corrected chi connectivity index (χ3v) is 1.76. The van der Waals surface area contributed by atoms with E-state index in [2.05, 4.69) is 10.6 Å². The van der Waals surface area contributed by atoms with Gasteiger partial charge in [0.05, 0.1) is 17.4 Å². The summed E-state index contributed by atoms with van der Waals surface area (Å²) in [6.07, 6.45) is -0.250. The summed E-state index contributed by atoms with van der Waals surface area (Å²) in [6.45, 7) is 0. The Bertz CT molecular complexity index is 412. The Kier molecular flexibility index (Phi) is 3.63. The quantitative estimate of drug-likeness (QED) is 0.793. The van der Waals surface area contributed by atoms with Crippen LogP contribution in [0.2, 0.25) is 0 Å². The predicted octanol–water partition coefficient (Wildman–Crippen LogP) is 1.72. The van der Waals surface area contributed by atoms with Crippen LogP contribution >= 0.6 is 0 Å². The average molecular weight is 207 g/mol. The lowest BCUT2D eigenvalue weighted by molar-refractivity contribution is -0.115. The summed E-state index contributed by atoms with van der Waals surface area (Å²) in [4.78, 5) is 11.1. The van der Waals surface area contributed by atoms with Crippen LogP contribution in [0.25, 0.3) is 0 Å². The molecule has 1 rings (SSSR count). The molecule has 0 fully saturated rings. The van der Waals surface area contributed by atoms with Crippen molar-refractivity contribution in [1.29, 1.82) is 5.26 Å². The minimum atomic E-state index is -0.459. The van der Waals surface area contributed by atoms with E-state index in [1.54, 1.807) is 13.1 Å². The van der Waals surface area contributed by atoms with Crippen molar-refractivity contribution in [1.82, 2.24) is 0 Å². The molecular formula is C10H10FN3O. The Morgan fingerprint density at radius 1 is 1.53 bits per heavy atom. The van der Waals surface area contributed by atoms with E-state index < -0.39 is 11.7 Å². The molecule has 15 heavy (non-hydrogen) atoms. The third kappa shape index (κ3) is 2.95. The monoisotopic (exact) mass is 207 g/mol. The third-order valence-electron chi connectivity index (χ3n) is 1.76. The lowest BCUT2D eigenvalue weighted by atomic mass is 10.2. The minimum Gasteiger partial charge on any atom is -0.386 e. The maximum absolute atomic E-state index is 12.9. The Balaban J connectivity index is 2.88. The minimum absolute atomic E-state index is 0.250. The molecule has 0 heterocycles. The van der Waals surface area contributed by atoms with Gasteiger partial charge >= 0.3 is 0 Å². The number of nitrogens with one attached hydrogen (secondary N) is 2. The summed E-state index contributed by atoms with van der Waals surface area (Å²) in [5, 5.41) is 13.5. The van der Waals surface area contributed by atoms with Gasteiger partial charge in [0.2, 0.25) is 5.91 Å². The van der Waals surface area contributed by atoms with Gasteiger partial charge in [-0.15, -0.1) is 0 Å². The van der Waals surface area contributed by atoms with Crippen LogP contribution in [0.15, 0.2) is 18.2 Å². The van der Waals surface area contributed by atoms with Crippen LogP contribution in [0.4, 0.5) is 15.8 Å². The summed E-state index contributed by atoms with van der Waals surface area (Å²) in [5.74, 6) is -0.902. The number of carbonyl (C=O) groups is 1. The molecule has 1 aromatic carbocycles. The van der Waals surface area contributed by atoms with Crippen molar-refractivity contribution in [3.8, 4) is 6.07 Å². The number of nitriles is 1. The number of hydrogen-bond acceptors (Lipinski definition) is 3. The highest BCUT2D eigenvalue weighted by atomic mass is 19.1. The second kappa shape index (κ2) is 4.96. The molecule has 0 saturated heterocycles. The van der Waals surface area contributed by atoms with E-state index in [1.165, 1.54) is 18.2 Å². The molecule has 0 aliphatic heterocycles. The molecule has 0 atom stereocenters. The van der Waals surface area contributed by atoms with Crippen LogP contribution in [-0.2, 0) is 4.79 Å². The van der Waals surface area contributed by atoms with Gasteiger partial charge in [0.1, 0.15) is 12.2 Å². The van der Waals surface area contributed by atoms with Gasteiger partial charge in [-0.25, -0.2) is 4.39 Å². The van der Waals surface area contributed by atoms with Gasteiger partial charge in [0.25, 0.3) is 0 Å². The Hall–Kier alpha value is -2.09. The number of rotatable bonds is 3. The number of amides is 1. The maximum atomic E-state index is 12.9. The van der Waals surface area contributed by atoms with Crippen LogP contribution in [0, 0.1) is 17.1 Å². The van der Waals surface area contributed by atoms with Crippen molar-refractivity contribution in [3.05, 3.63) is 24.0 Å². The van der Waals surface area contributed by atoms with E-state index in [1.807, 2.05) is 0 Å². The van der Waals surface area contributed by atoms with Gasteiger partial charge in [-0.3, -0.25) is 4.79 Å². The van der Waals surface area contributed by atoms with E-state index in [-0.39, 0.29) is 6.42 Å². The van der Waals surface area contributed by atoms with Crippen LogP contribution in [0.1, 0.15) is 6.42 Å². The van der Waals surface area contributed by atoms with Gasteiger partial charge < -0.3 is 10.6 Å². The summed E-state index contributed by atoms with van der Waals surface area (Å²) < 4.78 is 12.9. The van der Waals surface area contributed by atoms with Crippen molar-refractivity contribution >= 4 is 17.3 Å². The van der Waals surface area contributed by atoms with Crippen LogP contribution in [-0.4, -0.2) is 13.0 Å². The Labute approximate surface area is 86.7 Å². The fourth-order valence-corrected chi connectivity index (χ4v) is 1.10. The zero-order valence-corrected chi connectivity index (χ0v) is 8.17. The van der Waals surface area contributed by atoms with Crippen LogP contribution in [0.5, 0.6) is 0 Å². The number of benzene rings is 1. The maximum Gasteiger partial charge on any atom is 0.238 e. The topological polar surface area (TPSA) is 64.9 Å². The normalized spacial score (nSPS) is 9.13. The van der Waals surface area contributed by atoms with E-state index in [0.717, 1.165) is 0 Å². The van der Waals surface area contributed by atoms with Gasteiger partial charge in [0, 0.05) is 7.05 Å². The van der Waals surface area contributed by atoms with E-state index >= 15 is 0 Å². The molecular weight excluding hydrogens is 197 g/mol. The van der Waals surface area contributed by atoms with Crippen molar-refractivity contribution in [2.75, 3.05) is 17.7 Å². The molecule has 0 bridgehead atoms. The number of hydrogen-bond donors (Lipinski definition) is 2. The lowest BCUT2D eigenvalue weighted by Gasteiger charge is -2.09. The van der Waals surface area contributed by atoms with Gasteiger partial charge in [-0.1, -0.05) is 0 Å². The first-order valence-corrected chi connectivity index (χ1v) is 4.31. The van der Waals surface area contributed by atoms with Crippen molar-refractivity contribution in [2.45, 2.75) is 6.42 Å². The van der Waals surface area contributed by atoms with Gasteiger partial charge in [0.15, 0.2) is 0 Å². The predicted molar refractivity (Wildman–Crippen MR) is 54.8 cm³/mol. The Morgan fingerprint density at radius 2 is 2.27 bits per heavy atom. The first-order chi connectivity index (χ1) is 7.17. The second-order valence-corrected chi connectivity index (χ2v) is 2.82. The first-order valence-electron chi connectivity index (χ1n) is 4.31. The zero-order valence-electron chi connectivity index (χ0n) is 8.17. The highest BCUT2D eigenvalue weighted by Gasteiger charge is 2.06. The molecule has 5 heteroatoms. The van der Waals surface area contributed by atoms with Gasteiger partial charge in [-0.05, 0) is 18.2 Å². The second-order valence-electron chi connectivity index (χ2n) is 2.82. The molecule has 0 aliphatic carbocycles. The SMILES string of the molecule is CNc1ccc(F)cc1NC(=O)CC#N. The lowest BCUT2D eigenvalue weighted by Crippen LogP contribution is -2.11. The summed E-state index contributed by atoms with van der Waals surface area (Å²) in [5.41, 5.74) is 0.931. The molecule has 0 spiro atoms. The molecule has 0 aromatic heterocycles. The van der Waals surface area contributed by atoms with Crippen LogP contribution in [0.3, 0.4) is 0 Å².